The summed E-state index contributed by atoms with van der Waals surface area (Å²) in [6.45, 7) is 1.64. The van der Waals surface area contributed by atoms with Gasteiger partial charge < -0.3 is 0 Å². The second-order valence-electron chi connectivity index (χ2n) is 10.7. The summed E-state index contributed by atoms with van der Waals surface area (Å²) in [7, 11) is 0. The number of hydrogen-bond acceptors (Lipinski definition) is 2. The summed E-state index contributed by atoms with van der Waals surface area (Å²) in [5.74, 6) is -0.974. The van der Waals surface area contributed by atoms with Gasteiger partial charge in [-0.25, -0.2) is 0 Å². The van der Waals surface area contributed by atoms with Crippen LogP contribution in [0, 0.1) is 0 Å². The van der Waals surface area contributed by atoms with Crippen molar-refractivity contribution in [3.8, 4) is 11.5 Å². The predicted octanol–water partition coefficient (Wildman–Crippen LogP) is 10.1. The van der Waals surface area contributed by atoms with Gasteiger partial charge in [-0.05, 0) is 0 Å². The van der Waals surface area contributed by atoms with Gasteiger partial charge in [-0.1, -0.05) is 0 Å². The molecule has 220 valence electrons. The molecule has 2 nitrogen and oxygen atoms in total. The van der Waals surface area contributed by atoms with Crippen molar-refractivity contribution in [2.75, 3.05) is 0 Å². The van der Waals surface area contributed by atoms with Crippen LogP contribution in [-0.2, 0) is 31.5 Å². The third-order valence-electron chi connectivity index (χ3n) is 8.44. The first-order valence-corrected chi connectivity index (χ1v) is 20.0. The number of hydrogen-bond donors (Lipinski definition) is 0. The van der Waals surface area contributed by atoms with Crippen molar-refractivity contribution in [1.29, 1.82) is 0 Å². The molecule has 4 aromatic rings. The van der Waals surface area contributed by atoms with Crippen LogP contribution < -0.4 is 5.63 Å². The van der Waals surface area contributed by atoms with Crippen LogP contribution in [-0.4, -0.2) is 3.71 Å². The summed E-state index contributed by atoms with van der Waals surface area (Å²) in [5.41, 5.74) is 0.970. The van der Waals surface area contributed by atoms with E-state index < -0.39 is 61.4 Å². The number of para-hydroxylation sites is 2. The minimum atomic E-state index is -6.37. The first-order valence-electron chi connectivity index (χ1n) is 13.7. The fraction of sp³-hybridized carbons (Fsp3) is 0.147. The van der Waals surface area contributed by atoms with Crippen molar-refractivity contribution in [3.63, 3.8) is 0 Å². The number of allylic oxidation sites excluding steroid dienone is 2. The van der Waals surface area contributed by atoms with Gasteiger partial charge in [0.2, 0.25) is 0 Å². The molecule has 0 N–H and O–H groups in total. The summed E-state index contributed by atoms with van der Waals surface area (Å²) in [4.78, 5) is 0. The normalized spacial score (nSPS) is 17.9. The minimum absolute atomic E-state index is 0.487. The van der Waals surface area contributed by atoms with Gasteiger partial charge in [-0.2, -0.15) is 0 Å². The Morgan fingerprint density at radius 3 is 1.33 bits per heavy atom. The van der Waals surface area contributed by atoms with Crippen LogP contribution in [0.3, 0.4) is 0 Å². The van der Waals surface area contributed by atoms with Gasteiger partial charge in [0, 0.05) is 0 Å². The third kappa shape index (κ3) is 4.82. The van der Waals surface area contributed by atoms with Gasteiger partial charge in [0.1, 0.15) is 0 Å². The van der Waals surface area contributed by atoms with Crippen LogP contribution in [0.25, 0.3) is 12.2 Å². The SMILES string of the molecule is C[CH]=[Zr]([O]c1ccccc1C(F)(F)F)([O]c1ccccc1C(F)(F)F)([CH]1C=Cc2ccccc21)[CH]1C=Cc2ccccc21. The molecule has 9 heteroatoms. The summed E-state index contributed by atoms with van der Waals surface area (Å²) in [6.07, 6.45) is -2.28. The van der Waals surface area contributed by atoms with Gasteiger partial charge in [0.15, 0.2) is 0 Å². The van der Waals surface area contributed by atoms with Gasteiger partial charge in [0.25, 0.3) is 0 Å². The van der Waals surface area contributed by atoms with E-state index in [1.54, 1.807) is 22.8 Å². The zero-order valence-corrected chi connectivity index (χ0v) is 25.3. The predicted molar refractivity (Wildman–Crippen MR) is 152 cm³/mol. The Hall–Kier alpha value is -3.71. The summed E-state index contributed by atoms with van der Waals surface area (Å²) in [6, 6.07) is 24.2. The summed E-state index contributed by atoms with van der Waals surface area (Å²) < 4.78 is 101. The Kier molecular flexibility index (Phi) is 7.16. The second-order valence-corrected chi connectivity index (χ2v) is 22.5. The number of alkyl halides is 6. The molecule has 0 radical (unpaired) electrons. The molecule has 2 atom stereocenters. The molecule has 2 aliphatic rings. The topological polar surface area (TPSA) is 18.5 Å². The molecule has 0 saturated carbocycles. The molecule has 2 unspecified atom stereocenters. The molecular weight excluding hydrogens is 646 g/mol. The molecule has 0 aliphatic heterocycles. The Morgan fingerprint density at radius 1 is 0.558 bits per heavy atom. The standard InChI is InChI=1S/2C9H7.2C7H5F3O.C2H4.Zr/c2*1-2-5-9-7-3-6-8(9)4-1;2*8-7(9,10)5-3-1-2-4-6(5)11;1-2;/h2*1-7H;2*1-4,11H;1H,2H3;/q;;;;;+2/p-2. The molecule has 0 spiro atoms. The van der Waals surface area contributed by atoms with Crippen molar-refractivity contribution < 1.29 is 51.1 Å². The van der Waals surface area contributed by atoms with E-state index in [-0.39, 0.29) is 0 Å². The fourth-order valence-electron chi connectivity index (χ4n) is 6.49. The average Bonchev–Trinajstić information content (AvgIpc) is 3.62. The molecular formula is C34H26F6O2Zr. The van der Waals surface area contributed by atoms with Crippen molar-refractivity contribution in [2.24, 2.45) is 0 Å². The van der Waals surface area contributed by atoms with Crippen LogP contribution in [0.1, 0.15) is 47.6 Å². The first-order chi connectivity index (χ1) is 20.5. The molecule has 0 saturated heterocycles. The van der Waals surface area contributed by atoms with E-state index in [4.69, 9.17) is 5.63 Å². The molecule has 6 rings (SSSR count). The number of halogens is 6. The molecule has 43 heavy (non-hydrogen) atoms. The van der Waals surface area contributed by atoms with Crippen LogP contribution in [0.2, 0.25) is 0 Å². The van der Waals surface area contributed by atoms with Crippen LogP contribution in [0.5, 0.6) is 11.5 Å². The Labute approximate surface area is 246 Å². The molecule has 0 heterocycles. The molecule has 0 fully saturated rings. The Balaban J connectivity index is 1.74. The van der Waals surface area contributed by atoms with Gasteiger partial charge >= 0.3 is 248 Å². The van der Waals surface area contributed by atoms with E-state index in [0.717, 1.165) is 34.4 Å². The van der Waals surface area contributed by atoms with Gasteiger partial charge in [-0.15, -0.1) is 0 Å². The number of rotatable bonds is 6. The van der Waals surface area contributed by atoms with E-state index in [0.29, 0.717) is 0 Å². The van der Waals surface area contributed by atoms with E-state index in [9.17, 15) is 26.3 Å². The molecule has 2 aliphatic carbocycles. The first kappa shape index (κ1) is 29.4. The maximum atomic E-state index is 14.4. The Morgan fingerprint density at radius 2 is 0.930 bits per heavy atom. The van der Waals surface area contributed by atoms with Crippen molar-refractivity contribution in [3.05, 3.63) is 143 Å². The molecule has 0 aromatic heterocycles. The number of benzene rings is 4. The van der Waals surface area contributed by atoms with Crippen LogP contribution in [0.15, 0.2) is 109 Å². The zero-order valence-electron chi connectivity index (χ0n) is 22.9. The third-order valence-corrected chi connectivity index (χ3v) is 23.0. The molecule has 0 amide bonds. The summed E-state index contributed by atoms with van der Waals surface area (Å²) >= 11 is -6.37. The maximum absolute atomic E-state index is 14.4. The number of fused-ring (bicyclic) bond motifs is 2. The molecule has 0 bridgehead atoms. The molecule has 4 aromatic carbocycles. The average molecular weight is 672 g/mol. The van der Waals surface area contributed by atoms with E-state index in [1.165, 1.54) is 36.4 Å². The summed E-state index contributed by atoms with van der Waals surface area (Å²) in [5, 5.41) is 0. The van der Waals surface area contributed by atoms with Crippen LogP contribution in [0.4, 0.5) is 26.3 Å². The van der Waals surface area contributed by atoms with Crippen LogP contribution >= 0.6 is 0 Å². The fourth-order valence-corrected chi connectivity index (χ4v) is 21.0. The Bertz CT molecular complexity index is 1700. The van der Waals surface area contributed by atoms with E-state index in [1.807, 2.05) is 60.7 Å². The zero-order chi connectivity index (χ0) is 30.5. The van der Waals surface area contributed by atoms with E-state index >= 15 is 0 Å². The van der Waals surface area contributed by atoms with E-state index in [2.05, 4.69) is 0 Å². The van der Waals surface area contributed by atoms with Crippen molar-refractivity contribution in [1.82, 2.24) is 0 Å². The van der Waals surface area contributed by atoms with Gasteiger partial charge in [-0.3, -0.25) is 0 Å². The van der Waals surface area contributed by atoms with Crippen molar-refractivity contribution >= 4 is 15.9 Å². The van der Waals surface area contributed by atoms with Crippen molar-refractivity contribution in [2.45, 2.75) is 26.5 Å². The quantitative estimate of drug-likeness (QED) is 0.190. The second kappa shape index (κ2) is 10.5. The van der Waals surface area contributed by atoms with Gasteiger partial charge in [0.05, 0.1) is 0 Å². The monoisotopic (exact) mass is 670 g/mol.